The van der Waals surface area contributed by atoms with Crippen molar-refractivity contribution in [3.8, 4) is 0 Å². The van der Waals surface area contributed by atoms with Gasteiger partial charge in [0.1, 0.15) is 0 Å². The van der Waals surface area contributed by atoms with Gasteiger partial charge in [-0.1, -0.05) is 6.42 Å². The summed E-state index contributed by atoms with van der Waals surface area (Å²) in [6.45, 7) is 0.208. The molecule has 21 heavy (non-hydrogen) atoms. The van der Waals surface area contributed by atoms with Gasteiger partial charge < -0.3 is 11.1 Å². The molecule has 1 saturated carbocycles. The number of nitrogens with two attached hydrogens (primary N) is 1. The molecule has 0 aliphatic heterocycles. The zero-order valence-corrected chi connectivity index (χ0v) is 11.8. The summed E-state index contributed by atoms with van der Waals surface area (Å²) < 4.78 is 39.8. The smallest absolute Gasteiger partial charge is 0.326 e. The number of carbonyl (C=O) groups is 1. The first-order chi connectivity index (χ1) is 9.81. The molecule has 0 radical (unpaired) electrons. The fourth-order valence-electron chi connectivity index (χ4n) is 2.74. The fraction of sp³-hybridized carbons (Fsp3) is 0.692. The lowest BCUT2D eigenvalue weighted by Gasteiger charge is -2.29. The van der Waals surface area contributed by atoms with Gasteiger partial charge in [0.15, 0.2) is 5.82 Å². The van der Waals surface area contributed by atoms with E-state index in [0.29, 0.717) is 24.2 Å². The number of anilines is 1. The van der Waals surface area contributed by atoms with Crippen molar-refractivity contribution in [2.24, 2.45) is 24.6 Å². The predicted octanol–water partition coefficient (Wildman–Crippen LogP) is 2.19. The maximum absolute atomic E-state index is 12.8. The SMILES string of the molecule is Cn1cc(CN)c(NC(=O)C2CCCC(C(F)(F)F)C2)n1. The molecule has 0 bridgehead atoms. The van der Waals surface area contributed by atoms with Crippen molar-refractivity contribution < 1.29 is 18.0 Å². The van der Waals surface area contributed by atoms with Gasteiger partial charge in [-0.15, -0.1) is 0 Å². The zero-order chi connectivity index (χ0) is 15.6. The van der Waals surface area contributed by atoms with Crippen LogP contribution in [0.4, 0.5) is 19.0 Å². The summed E-state index contributed by atoms with van der Waals surface area (Å²) in [6, 6.07) is 0. The predicted molar refractivity (Wildman–Crippen MR) is 71.2 cm³/mol. The van der Waals surface area contributed by atoms with Crippen LogP contribution in [0.25, 0.3) is 0 Å². The number of hydrogen-bond donors (Lipinski definition) is 2. The third kappa shape index (κ3) is 3.75. The Labute approximate surface area is 120 Å². The van der Waals surface area contributed by atoms with Crippen LogP contribution in [0.2, 0.25) is 0 Å². The molecule has 5 nitrogen and oxygen atoms in total. The van der Waals surface area contributed by atoms with Crippen LogP contribution >= 0.6 is 0 Å². The van der Waals surface area contributed by atoms with Crippen LogP contribution in [0.3, 0.4) is 0 Å². The van der Waals surface area contributed by atoms with Crippen LogP contribution in [-0.2, 0) is 18.4 Å². The number of amides is 1. The van der Waals surface area contributed by atoms with Gasteiger partial charge in [0.25, 0.3) is 0 Å². The van der Waals surface area contributed by atoms with E-state index in [1.807, 2.05) is 0 Å². The van der Waals surface area contributed by atoms with Crippen LogP contribution in [0.1, 0.15) is 31.2 Å². The minimum absolute atomic E-state index is 0.102. The second-order valence-corrected chi connectivity index (χ2v) is 5.47. The van der Waals surface area contributed by atoms with Crippen molar-refractivity contribution >= 4 is 11.7 Å². The van der Waals surface area contributed by atoms with Crippen LogP contribution in [0, 0.1) is 11.8 Å². The van der Waals surface area contributed by atoms with E-state index < -0.39 is 23.9 Å². The molecule has 8 heteroatoms. The molecule has 2 unspecified atom stereocenters. The average Bonchev–Trinajstić information content (AvgIpc) is 2.78. The van der Waals surface area contributed by atoms with Crippen molar-refractivity contribution in [1.82, 2.24) is 9.78 Å². The first-order valence-corrected chi connectivity index (χ1v) is 6.91. The third-order valence-electron chi connectivity index (χ3n) is 3.87. The molecule has 0 saturated heterocycles. The van der Waals surface area contributed by atoms with E-state index in [9.17, 15) is 18.0 Å². The molecule has 3 N–H and O–H groups in total. The third-order valence-corrected chi connectivity index (χ3v) is 3.87. The molecule has 118 valence electrons. The first kappa shape index (κ1) is 15.8. The number of aryl methyl sites for hydroxylation is 1. The van der Waals surface area contributed by atoms with Gasteiger partial charge in [-0.25, -0.2) is 0 Å². The minimum atomic E-state index is -4.23. The Hall–Kier alpha value is -1.57. The van der Waals surface area contributed by atoms with E-state index in [1.54, 1.807) is 13.2 Å². The molecule has 0 spiro atoms. The van der Waals surface area contributed by atoms with Gasteiger partial charge in [-0.2, -0.15) is 18.3 Å². The standard InChI is InChI=1S/C13H19F3N4O/c1-20-7-9(6-17)11(19-20)18-12(21)8-3-2-4-10(5-8)13(14,15)16/h7-8,10H,2-6,17H2,1H3,(H,18,19,21). The molecule has 1 amide bonds. The van der Waals surface area contributed by atoms with Crippen LogP contribution in [0.5, 0.6) is 0 Å². The van der Waals surface area contributed by atoms with E-state index in [0.717, 1.165) is 0 Å². The fourth-order valence-corrected chi connectivity index (χ4v) is 2.74. The Bertz CT molecular complexity index is 512. The molecule has 0 aromatic carbocycles. The van der Waals surface area contributed by atoms with Gasteiger partial charge in [0.2, 0.25) is 5.91 Å². The molecule has 1 aliphatic carbocycles. The summed E-state index contributed by atoms with van der Waals surface area (Å²) in [4.78, 5) is 12.1. The molecule has 2 rings (SSSR count). The summed E-state index contributed by atoms with van der Waals surface area (Å²) in [5.41, 5.74) is 6.21. The lowest BCUT2D eigenvalue weighted by atomic mass is 9.80. The zero-order valence-electron chi connectivity index (χ0n) is 11.8. The summed E-state index contributed by atoms with van der Waals surface area (Å²) in [7, 11) is 1.69. The highest BCUT2D eigenvalue weighted by Gasteiger charge is 2.43. The number of aromatic nitrogens is 2. The largest absolute Gasteiger partial charge is 0.391 e. The normalized spacial score (nSPS) is 23.1. The molecule has 1 aromatic rings. The first-order valence-electron chi connectivity index (χ1n) is 6.91. The number of nitrogens with zero attached hydrogens (tertiary/aromatic N) is 2. The Morgan fingerprint density at radius 3 is 2.86 bits per heavy atom. The van der Waals surface area contributed by atoms with Gasteiger partial charge >= 0.3 is 6.18 Å². The number of hydrogen-bond acceptors (Lipinski definition) is 3. The lowest BCUT2D eigenvalue weighted by Crippen LogP contribution is -2.34. The van der Waals surface area contributed by atoms with Crippen molar-refractivity contribution in [1.29, 1.82) is 0 Å². The van der Waals surface area contributed by atoms with Crippen molar-refractivity contribution in [3.05, 3.63) is 11.8 Å². The maximum Gasteiger partial charge on any atom is 0.391 e. The highest BCUT2D eigenvalue weighted by Crippen LogP contribution is 2.40. The summed E-state index contributed by atoms with van der Waals surface area (Å²) in [6.07, 6.45) is -1.72. The Morgan fingerprint density at radius 2 is 2.24 bits per heavy atom. The molecule has 1 fully saturated rings. The summed E-state index contributed by atoms with van der Waals surface area (Å²) >= 11 is 0. The molecule has 2 atom stereocenters. The molecular weight excluding hydrogens is 285 g/mol. The van der Waals surface area contributed by atoms with Crippen LogP contribution < -0.4 is 11.1 Å². The number of halogens is 3. The van der Waals surface area contributed by atoms with Crippen molar-refractivity contribution in [3.63, 3.8) is 0 Å². The van der Waals surface area contributed by atoms with Gasteiger partial charge in [-0.3, -0.25) is 9.48 Å². The number of alkyl halides is 3. The van der Waals surface area contributed by atoms with Crippen molar-refractivity contribution in [2.45, 2.75) is 38.4 Å². The Balaban J connectivity index is 2.03. The highest BCUT2D eigenvalue weighted by molar-refractivity contribution is 5.92. The highest BCUT2D eigenvalue weighted by atomic mass is 19.4. The molecule has 1 aromatic heterocycles. The summed E-state index contributed by atoms with van der Waals surface area (Å²) in [5, 5.41) is 6.67. The number of nitrogens with one attached hydrogen (secondary N) is 1. The van der Waals surface area contributed by atoms with Crippen molar-refractivity contribution in [2.75, 3.05) is 5.32 Å². The van der Waals surface area contributed by atoms with Crippen LogP contribution in [-0.4, -0.2) is 21.9 Å². The lowest BCUT2D eigenvalue weighted by molar-refractivity contribution is -0.185. The molecular formula is C13H19F3N4O. The monoisotopic (exact) mass is 304 g/mol. The van der Waals surface area contributed by atoms with E-state index in [2.05, 4.69) is 10.4 Å². The second-order valence-electron chi connectivity index (χ2n) is 5.47. The van der Waals surface area contributed by atoms with E-state index >= 15 is 0 Å². The van der Waals surface area contributed by atoms with E-state index in [4.69, 9.17) is 5.73 Å². The topological polar surface area (TPSA) is 72.9 Å². The quantitative estimate of drug-likeness (QED) is 0.899. The second kappa shape index (κ2) is 6.05. The van der Waals surface area contributed by atoms with Crippen LogP contribution in [0.15, 0.2) is 6.20 Å². The average molecular weight is 304 g/mol. The minimum Gasteiger partial charge on any atom is -0.326 e. The van der Waals surface area contributed by atoms with Gasteiger partial charge in [0.05, 0.1) is 5.92 Å². The van der Waals surface area contributed by atoms with E-state index in [1.165, 1.54) is 4.68 Å². The molecule has 1 aliphatic rings. The Morgan fingerprint density at radius 1 is 1.52 bits per heavy atom. The molecule has 1 heterocycles. The number of rotatable bonds is 3. The van der Waals surface area contributed by atoms with Gasteiger partial charge in [-0.05, 0) is 19.3 Å². The van der Waals surface area contributed by atoms with E-state index in [-0.39, 0.29) is 19.4 Å². The summed E-state index contributed by atoms with van der Waals surface area (Å²) in [5.74, 6) is -2.09. The Kier molecular flexibility index (Phi) is 4.55. The maximum atomic E-state index is 12.8. The van der Waals surface area contributed by atoms with Gasteiger partial charge in [0, 0.05) is 31.3 Å². The number of carbonyl (C=O) groups excluding carboxylic acids is 1.